The molecule has 2 atom stereocenters. The van der Waals surface area contributed by atoms with Gasteiger partial charge < -0.3 is 9.64 Å². The number of sulfone groups is 1. The van der Waals surface area contributed by atoms with Crippen LogP contribution in [-0.4, -0.2) is 44.3 Å². The number of para-hydroxylation sites is 2. The molecule has 0 aromatic heterocycles. The molecule has 2 aliphatic rings. The summed E-state index contributed by atoms with van der Waals surface area (Å²) in [4.78, 5) is 6.79. The third-order valence-corrected chi connectivity index (χ3v) is 7.72. The van der Waals surface area contributed by atoms with E-state index in [1.54, 1.807) is 18.9 Å². The highest BCUT2D eigenvalue weighted by Crippen LogP contribution is 2.39. The van der Waals surface area contributed by atoms with Crippen LogP contribution in [0.25, 0.3) is 0 Å². The van der Waals surface area contributed by atoms with E-state index in [0.717, 1.165) is 22.2 Å². The van der Waals surface area contributed by atoms with Crippen molar-refractivity contribution in [2.45, 2.75) is 17.8 Å². The van der Waals surface area contributed by atoms with Crippen LogP contribution in [0.2, 0.25) is 5.02 Å². The number of benzene rings is 2. The van der Waals surface area contributed by atoms with Gasteiger partial charge in [-0.2, -0.15) is 0 Å². The number of hydrogen-bond donors (Lipinski definition) is 0. The molecule has 2 heterocycles. The lowest BCUT2D eigenvalue weighted by atomic mass is 10.1. The zero-order valence-electron chi connectivity index (χ0n) is 14.7. The molecule has 0 amide bonds. The highest BCUT2D eigenvalue weighted by molar-refractivity contribution is 8.13. The summed E-state index contributed by atoms with van der Waals surface area (Å²) in [5, 5.41) is 1.54. The minimum atomic E-state index is -3.07. The van der Waals surface area contributed by atoms with Crippen molar-refractivity contribution >= 4 is 44.1 Å². The van der Waals surface area contributed by atoms with Crippen LogP contribution < -0.4 is 9.64 Å². The summed E-state index contributed by atoms with van der Waals surface area (Å²) in [5.74, 6) is 1.66. The van der Waals surface area contributed by atoms with Crippen molar-refractivity contribution in [1.29, 1.82) is 0 Å². The standard InChI is InChI=1S/C19H19ClN2O3S2/c1-25-18-5-3-2-4-16(18)22-17-12-27(23,24)11-15(17)21-19(22)26-10-13-6-8-14(20)9-7-13/h2-9,15,17H,10-12H2,1H3/t15-,17-/m1/s1. The lowest BCUT2D eigenvalue weighted by molar-refractivity contribution is 0.415. The summed E-state index contributed by atoms with van der Waals surface area (Å²) in [6, 6.07) is 15.0. The van der Waals surface area contributed by atoms with Gasteiger partial charge >= 0.3 is 0 Å². The van der Waals surface area contributed by atoms with E-state index in [0.29, 0.717) is 10.8 Å². The van der Waals surface area contributed by atoms with Crippen molar-refractivity contribution < 1.29 is 13.2 Å². The normalized spacial score (nSPS) is 23.2. The number of rotatable bonds is 4. The molecule has 0 radical (unpaired) electrons. The third-order valence-electron chi connectivity index (χ3n) is 4.73. The van der Waals surface area contributed by atoms with Gasteiger partial charge in [0.05, 0.1) is 36.4 Å². The van der Waals surface area contributed by atoms with Gasteiger partial charge in [0.15, 0.2) is 15.0 Å². The topological polar surface area (TPSA) is 59.0 Å². The second-order valence-electron chi connectivity index (χ2n) is 6.58. The van der Waals surface area contributed by atoms with Gasteiger partial charge in [0.25, 0.3) is 0 Å². The van der Waals surface area contributed by atoms with Gasteiger partial charge in [0.2, 0.25) is 0 Å². The van der Waals surface area contributed by atoms with Crippen LogP contribution in [0, 0.1) is 0 Å². The molecule has 2 aliphatic heterocycles. The molecule has 4 rings (SSSR count). The van der Waals surface area contributed by atoms with Crippen molar-refractivity contribution in [1.82, 2.24) is 0 Å². The van der Waals surface area contributed by atoms with Crippen molar-refractivity contribution in [3.63, 3.8) is 0 Å². The SMILES string of the molecule is COc1ccccc1N1C(SCc2ccc(Cl)cc2)=N[C@@H]2CS(=O)(=O)C[C@H]21. The third kappa shape index (κ3) is 3.81. The quantitative estimate of drug-likeness (QED) is 0.753. The van der Waals surface area contributed by atoms with Gasteiger partial charge in [0.1, 0.15) is 5.75 Å². The molecule has 5 nitrogen and oxygen atoms in total. The van der Waals surface area contributed by atoms with Crippen LogP contribution in [0.15, 0.2) is 53.5 Å². The number of amidine groups is 1. The molecule has 0 unspecified atom stereocenters. The Balaban J connectivity index is 1.64. The van der Waals surface area contributed by atoms with E-state index in [1.807, 2.05) is 53.4 Å². The number of thioether (sulfide) groups is 1. The maximum Gasteiger partial charge on any atom is 0.164 e. The number of hydrogen-bond acceptors (Lipinski definition) is 6. The van der Waals surface area contributed by atoms with Crippen LogP contribution >= 0.6 is 23.4 Å². The predicted molar refractivity (Wildman–Crippen MR) is 112 cm³/mol. The van der Waals surface area contributed by atoms with E-state index in [9.17, 15) is 8.42 Å². The van der Waals surface area contributed by atoms with Gasteiger partial charge in [-0.1, -0.05) is 47.6 Å². The van der Waals surface area contributed by atoms with Crippen molar-refractivity contribution in [3.8, 4) is 5.75 Å². The van der Waals surface area contributed by atoms with Crippen molar-refractivity contribution in [2.75, 3.05) is 23.5 Å². The van der Waals surface area contributed by atoms with E-state index >= 15 is 0 Å². The fourth-order valence-corrected chi connectivity index (χ4v) is 6.51. The van der Waals surface area contributed by atoms with Gasteiger partial charge in [-0.05, 0) is 29.8 Å². The molecule has 0 spiro atoms. The lowest BCUT2D eigenvalue weighted by Crippen LogP contribution is -2.39. The van der Waals surface area contributed by atoms with Gasteiger partial charge in [-0.25, -0.2) is 8.42 Å². The molecule has 27 heavy (non-hydrogen) atoms. The highest BCUT2D eigenvalue weighted by Gasteiger charge is 2.47. The Morgan fingerprint density at radius 1 is 1.19 bits per heavy atom. The van der Waals surface area contributed by atoms with Crippen LogP contribution in [0.1, 0.15) is 5.56 Å². The summed E-state index contributed by atoms with van der Waals surface area (Å²) in [5.41, 5.74) is 1.99. The maximum atomic E-state index is 12.1. The lowest BCUT2D eigenvalue weighted by Gasteiger charge is -2.27. The second-order valence-corrected chi connectivity index (χ2v) is 10.1. The molecule has 142 valence electrons. The number of nitrogens with zero attached hydrogens (tertiary/aromatic N) is 2. The molecule has 0 bridgehead atoms. The Kier molecular flexibility index (Phi) is 5.09. The first kappa shape index (κ1) is 18.7. The monoisotopic (exact) mass is 422 g/mol. The molecule has 1 fully saturated rings. The molecule has 2 aromatic carbocycles. The van der Waals surface area contributed by atoms with E-state index in [4.69, 9.17) is 21.3 Å². The van der Waals surface area contributed by atoms with Gasteiger partial charge in [0, 0.05) is 10.8 Å². The minimum Gasteiger partial charge on any atom is -0.495 e. The first-order valence-electron chi connectivity index (χ1n) is 8.54. The molecule has 0 N–H and O–H groups in total. The highest BCUT2D eigenvalue weighted by atomic mass is 35.5. The first-order chi connectivity index (χ1) is 13.0. The maximum absolute atomic E-state index is 12.1. The van der Waals surface area contributed by atoms with Gasteiger partial charge in [-0.15, -0.1) is 0 Å². The summed E-state index contributed by atoms with van der Waals surface area (Å²) < 4.78 is 29.8. The summed E-state index contributed by atoms with van der Waals surface area (Å²) in [7, 11) is -1.45. The van der Waals surface area contributed by atoms with E-state index < -0.39 is 9.84 Å². The molecule has 0 saturated carbocycles. The fourth-order valence-electron chi connectivity index (χ4n) is 3.47. The number of ether oxygens (including phenoxy) is 1. The number of fused-ring (bicyclic) bond motifs is 1. The minimum absolute atomic E-state index is 0.105. The molecule has 0 aliphatic carbocycles. The molecule has 1 saturated heterocycles. The van der Waals surface area contributed by atoms with E-state index in [-0.39, 0.29) is 23.6 Å². The Morgan fingerprint density at radius 3 is 2.67 bits per heavy atom. The fraction of sp³-hybridized carbons (Fsp3) is 0.316. The zero-order chi connectivity index (χ0) is 19.0. The number of anilines is 1. The summed E-state index contributed by atoms with van der Waals surface area (Å²) in [6.07, 6.45) is 0. The first-order valence-corrected chi connectivity index (χ1v) is 11.7. The smallest absolute Gasteiger partial charge is 0.164 e. The van der Waals surface area contributed by atoms with Crippen molar-refractivity contribution in [2.24, 2.45) is 4.99 Å². The van der Waals surface area contributed by atoms with E-state index in [1.165, 1.54) is 0 Å². The van der Waals surface area contributed by atoms with Gasteiger partial charge in [-0.3, -0.25) is 4.99 Å². The second kappa shape index (κ2) is 7.37. The average molecular weight is 423 g/mol. The molecule has 2 aromatic rings. The molecule has 8 heteroatoms. The largest absolute Gasteiger partial charge is 0.495 e. The Hall–Kier alpha value is -1.70. The summed E-state index contributed by atoms with van der Waals surface area (Å²) >= 11 is 7.56. The van der Waals surface area contributed by atoms with Crippen LogP contribution in [0.4, 0.5) is 5.69 Å². The van der Waals surface area contributed by atoms with E-state index in [2.05, 4.69) is 0 Å². The van der Waals surface area contributed by atoms with Crippen LogP contribution in [0.3, 0.4) is 0 Å². The Labute approximate surface area is 168 Å². The number of aliphatic imine (C=N–C) groups is 1. The molecular weight excluding hydrogens is 404 g/mol. The van der Waals surface area contributed by atoms with Crippen molar-refractivity contribution in [3.05, 3.63) is 59.1 Å². The zero-order valence-corrected chi connectivity index (χ0v) is 17.1. The Bertz CT molecular complexity index is 977. The van der Waals surface area contributed by atoms with Crippen LogP contribution in [0.5, 0.6) is 5.75 Å². The summed E-state index contributed by atoms with van der Waals surface area (Å²) in [6.45, 7) is 0. The Morgan fingerprint density at radius 2 is 1.93 bits per heavy atom. The average Bonchev–Trinajstić information content (AvgIpc) is 3.12. The van der Waals surface area contributed by atoms with Crippen LogP contribution in [-0.2, 0) is 15.6 Å². The molecular formula is C19H19ClN2O3S2. The predicted octanol–water partition coefficient (Wildman–Crippen LogP) is 3.62. The number of halogens is 1. The number of methoxy groups -OCH3 is 1.